The van der Waals surface area contributed by atoms with Gasteiger partial charge in [-0.1, -0.05) is 12.1 Å². The van der Waals surface area contributed by atoms with Gasteiger partial charge in [-0.15, -0.1) is 0 Å². The number of hydrogen-bond donors (Lipinski definition) is 5. The van der Waals surface area contributed by atoms with Gasteiger partial charge < -0.3 is 35.6 Å². The summed E-state index contributed by atoms with van der Waals surface area (Å²) in [6.07, 6.45) is 8.37. The van der Waals surface area contributed by atoms with Crippen molar-refractivity contribution in [1.29, 1.82) is 0 Å². The maximum absolute atomic E-state index is 12.9. The molecule has 0 aliphatic carbocycles. The lowest BCUT2D eigenvalue weighted by Gasteiger charge is -2.11. The molecule has 0 aliphatic rings. The Hall–Kier alpha value is -6.01. The number of H-pyrrole nitrogens is 1. The second-order valence-corrected chi connectivity index (χ2v) is 10.2. The number of pyridine rings is 1. The van der Waals surface area contributed by atoms with Gasteiger partial charge in [0.15, 0.2) is 11.4 Å². The van der Waals surface area contributed by atoms with Gasteiger partial charge in [0.05, 0.1) is 18.1 Å². The highest BCUT2D eigenvalue weighted by atomic mass is 16.3. The Labute approximate surface area is 252 Å². The van der Waals surface area contributed by atoms with E-state index in [1.807, 2.05) is 49.5 Å². The van der Waals surface area contributed by atoms with Gasteiger partial charge in [-0.05, 0) is 68.7 Å². The van der Waals surface area contributed by atoms with Gasteiger partial charge in [0.1, 0.15) is 11.2 Å². The van der Waals surface area contributed by atoms with Crippen LogP contribution in [-0.4, -0.2) is 57.3 Å². The van der Waals surface area contributed by atoms with Crippen molar-refractivity contribution in [3.05, 3.63) is 103 Å². The average molecular weight is 588 g/mol. The van der Waals surface area contributed by atoms with Gasteiger partial charge in [0.2, 0.25) is 11.9 Å². The van der Waals surface area contributed by atoms with Gasteiger partial charge in [-0.3, -0.25) is 9.59 Å². The first-order valence-corrected chi connectivity index (χ1v) is 13.8. The van der Waals surface area contributed by atoms with Gasteiger partial charge in [0, 0.05) is 52.9 Å². The smallest absolute Gasteiger partial charge is 0.255 e. The van der Waals surface area contributed by atoms with E-state index in [0.717, 1.165) is 16.7 Å². The molecule has 5 N–H and O–H groups in total. The molecule has 0 aliphatic heterocycles. The summed E-state index contributed by atoms with van der Waals surface area (Å²) in [4.78, 5) is 43.7. The molecule has 2 amide bonds. The number of rotatable bonds is 10. The fourth-order valence-corrected chi connectivity index (χ4v) is 4.42. The molecule has 220 valence electrons. The third-order valence-corrected chi connectivity index (χ3v) is 6.50. The number of benzene rings is 2. The Kier molecular flexibility index (Phi) is 7.97. The molecule has 6 rings (SSSR count). The van der Waals surface area contributed by atoms with E-state index in [-0.39, 0.29) is 11.8 Å². The second kappa shape index (κ2) is 12.5. The quantitative estimate of drug-likeness (QED) is 0.123. The first-order valence-electron chi connectivity index (χ1n) is 13.8. The predicted octanol–water partition coefficient (Wildman–Crippen LogP) is 5.89. The van der Waals surface area contributed by atoms with E-state index in [2.05, 4.69) is 41.2 Å². The minimum Gasteiger partial charge on any atom is -0.459 e. The maximum atomic E-state index is 12.9. The highest BCUT2D eigenvalue weighted by Crippen LogP contribution is 2.28. The summed E-state index contributed by atoms with van der Waals surface area (Å²) in [5.74, 6) is 0.298. The zero-order valence-electron chi connectivity index (χ0n) is 24.0. The summed E-state index contributed by atoms with van der Waals surface area (Å²) >= 11 is 0. The fourth-order valence-electron chi connectivity index (χ4n) is 4.42. The van der Waals surface area contributed by atoms with Crippen LogP contribution in [0.4, 0.5) is 34.5 Å². The highest BCUT2D eigenvalue weighted by molar-refractivity contribution is 6.05. The molecule has 0 bridgehead atoms. The Morgan fingerprint density at radius 3 is 2.59 bits per heavy atom. The highest BCUT2D eigenvalue weighted by Gasteiger charge is 2.13. The monoisotopic (exact) mass is 587 g/mol. The summed E-state index contributed by atoms with van der Waals surface area (Å²) in [5.41, 5.74) is 4.96. The lowest BCUT2D eigenvalue weighted by atomic mass is 10.2. The molecular formula is C32H29N9O3. The number of aromatic amines is 1. The molecule has 0 atom stereocenters. The molecule has 0 radical (unpaired) electrons. The number of anilines is 6. The molecule has 0 saturated heterocycles. The van der Waals surface area contributed by atoms with Crippen molar-refractivity contribution in [2.75, 3.05) is 41.9 Å². The zero-order chi connectivity index (χ0) is 30.5. The Bertz CT molecular complexity index is 1980. The van der Waals surface area contributed by atoms with E-state index < -0.39 is 0 Å². The summed E-state index contributed by atoms with van der Waals surface area (Å²) in [7, 11) is 3.85. The Morgan fingerprint density at radius 2 is 1.75 bits per heavy atom. The van der Waals surface area contributed by atoms with Crippen molar-refractivity contribution in [2.45, 2.75) is 0 Å². The number of likely N-dealkylation sites (N-methyl/N-ethyl adjacent to an activating group) is 1. The summed E-state index contributed by atoms with van der Waals surface area (Å²) < 4.78 is 5.64. The van der Waals surface area contributed by atoms with Crippen LogP contribution in [0.1, 0.15) is 10.4 Å². The van der Waals surface area contributed by atoms with E-state index in [0.29, 0.717) is 52.0 Å². The molecular weight excluding hydrogens is 558 g/mol. The molecule has 4 aromatic heterocycles. The summed E-state index contributed by atoms with van der Waals surface area (Å²) in [5, 5.41) is 13.1. The number of furan rings is 1. The van der Waals surface area contributed by atoms with Gasteiger partial charge in [-0.2, -0.15) is 4.98 Å². The van der Waals surface area contributed by atoms with Gasteiger partial charge >= 0.3 is 0 Å². The van der Waals surface area contributed by atoms with Crippen LogP contribution in [0.15, 0.2) is 102 Å². The van der Waals surface area contributed by atoms with Crippen LogP contribution in [0.25, 0.3) is 22.1 Å². The number of nitrogens with zero attached hydrogens (tertiary/aromatic N) is 4. The van der Waals surface area contributed by atoms with Crippen molar-refractivity contribution in [3.63, 3.8) is 0 Å². The molecule has 12 nitrogen and oxygen atoms in total. The van der Waals surface area contributed by atoms with E-state index >= 15 is 0 Å². The molecule has 0 unspecified atom stereocenters. The standard InChI is InChI=1S/C32H29N9O3/c1-41(2)15-4-7-27(42)35-22-10-8-20(9-11-22)31(43)37-23-5-3-6-24(18-23)38-32-39-26-13-16-44-28(26)30(40-32)36-25-17-21-12-14-33-29(21)34-19-25/h3-14,16-19H,15H2,1-2H3,(H,33,34)(H,35,42)(H,37,43)(H2,36,38,39,40)/b7-4+. The van der Waals surface area contributed by atoms with Crippen molar-refractivity contribution in [2.24, 2.45) is 0 Å². The van der Waals surface area contributed by atoms with Crippen LogP contribution >= 0.6 is 0 Å². The predicted molar refractivity (Wildman–Crippen MR) is 172 cm³/mol. The maximum Gasteiger partial charge on any atom is 0.255 e. The zero-order valence-corrected chi connectivity index (χ0v) is 24.0. The fraction of sp³-hybridized carbons (Fsp3) is 0.0938. The number of hydrogen-bond acceptors (Lipinski definition) is 9. The Morgan fingerprint density at radius 1 is 0.909 bits per heavy atom. The van der Waals surface area contributed by atoms with E-state index in [1.54, 1.807) is 61.0 Å². The van der Waals surface area contributed by atoms with Crippen molar-refractivity contribution < 1.29 is 14.0 Å². The molecule has 44 heavy (non-hydrogen) atoms. The van der Waals surface area contributed by atoms with Crippen LogP contribution in [0.3, 0.4) is 0 Å². The minimum absolute atomic E-state index is 0.234. The van der Waals surface area contributed by atoms with Gasteiger partial charge in [0.25, 0.3) is 5.91 Å². The first-order chi connectivity index (χ1) is 21.4. The van der Waals surface area contributed by atoms with Crippen molar-refractivity contribution in [3.8, 4) is 0 Å². The van der Waals surface area contributed by atoms with Crippen LogP contribution < -0.4 is 21.3 Å². The largest absolute Gasteiger partial charge is 0.459 e. The lowest BCUT2D eigenvalue weighted by molar-refractivity contribution is -0.111. The SMILES string of the molecule is CN(C)C/C=C/C(=O)Nc1ccc(C(=O)Nc2cccc(Nc3nc(Nc4cnc5[nH]ccc5c4)c4occc4n3)c2)cc1. The van der Waals surface area contributed by atoms with E-state index in [4.69, 9.17) is 4.42 Å². The van der Waals surface area contributed by atoms with Gasteiger partial charge in [-0.25, -0.2) is 9.97 Å². The molecule has 6 aromatic rings. The average Bonchev–Trinajstić information content (AvgIpc) is 3.67. The number of fused-ring (bicyclic) bond motifs is 2. The molecule has 0 fully saturated rings. The molecule has 0 spiro atoms. The van der Waals surface area contributed by atoms with Crippen LogP contribution in [-0.2, 0) is 4.79 Å². The van der Waals surface area contributed by atoms with E-state index in [9.17, 15) is 9.59 Å². The number of aromatic nitrogens is 4. The Balaban J connectivity index is 1.12. The van der Waals surface area contributed by atoms with Crippen LogP contribution in [0, 0.1) is 0 Å². The summed E-state index contributed by atoms with van der Waals surface area (Å²) in [6, 6.07) is 19.6. The third-order valence-electron chi connectivity index (χ3n) is 6.50. The van der Waals surface area contributed by atoms with Crippen molar-refractivity contribution in [1.82, 2.24) is 24.8 Å². The second-order valence-electron chi connectivity index (χ2n) is 10.2. The van der Waals surface area contributed by atoms with Crippen molar-refractivity contribution >= 4 is 68.5 Å². The number of carbonyl (C=O) groups is 2. The molecule has 12 heteroatoms. The molecule has 2 aromatic carbocycles. The number of carbonyl (C=O) groups excluding carboxylic acids is 2. The minimum atomic E-state index is -0.290. The summed E-state index contributed by atoms with van der Waals surface area (Å²) in [6.45, 7) is 0.665. The third kappa shape index (κ3) is 6.72. The molecule has 4 heterocycles. The van der Waals surface area contributed by atoms with E-state index in [1.165, 1.54) is 6.08 Å². The topological polar surface area (TPSA) is 153 Å². The van der Waals surface area contributed by atoms with Crippen LogP contribution in [0.2, 0.25) is 0 Å². The van der Waals surface area contributed by atoms with Crippen LogP contribution in [0.5, 0.6) is 0 Å². The number of amides is 2. The first kappa shape index (κ1) is 28.1. The molecule has 0 saturated carbocycles. The lowest BCUT2D eigenvalue weighted by Crippen LogP contribution is -2.13. The normalized spacial score (nSPS) is 11.3. The number of nitrogens with one attached hydrogen (secondary N) is 5.